The van der Waals surface area contributed by atoms with Crippen molar-refractivity contribution in [3.05, 3.63) is 0 Å². The summed E-state index contributed by atoms with van der Waals surface area (Å²) >= 11 is 1.93. The first-order valence-electron chi connectivity index (χ1n) is 3.20. The molecule has 0 spiro atoms. The van der Waals surface area contributed by atoms with E-state index in [-0.39, 0.29) is 0 Å². The number of amides is 1. The summed E-state index contributed by atoms with van der Waals surface area (Å²) in [5, 5.41) is 0. The van der Waals surface area contributed by atoms with Crippen LogP contribution in [0.1, 0.15) is 6.42 Å². The van der Waals surface area contributed by atoms with Crippen molar-refractivity contribution < 1.29 is 4.79 Å². The zero-order chi connectivity index (χ0) is 6.53. The molecule has 0 atom stereocenters. The Labute approximate surface area is 59.6 Å². The van der Waals surface area contributed by atoms with Crippen LogP contribution in [0.5, 0.6) is 0 Å². The summed E-state index contributed by atoms with van der Waals surface area (Å²) in [6.45, 7) is 1.89. The monoisotopic (exact) mass is 145 g/mol. The molecule has 1 amide bonds. The molecule has 0 aromatic carbocycles. The van der Waals surface area contributed by atoms with Crippen molar-refractivity contribution in [2.45, 2.75) is 6.42 Å². The molecule has 0 bridgehead atoms. The van der Waals surface area contributed by atoms with Crippen LogP contribution in [0.25, 0.3) is 0 Å². The molecule has 1 fully saturated rings. The van der Waals surface area contributed by atoms with Gasteiger partial charge in [-0.15, -0.1) is 0 Å². The molecular weight excluding hydrogens is 134 g/mol. The first-order valence-corrected chi connectivity index (χ1v) is 4.36. The molecule has 3 heteroatoms. The van der Waals surface area contributed by atoms with Gasteiger partial charge in [0, 0.05) is 18.8 Å². The Bertz CT molecular complexity index is 89.1. The van der Waals surface area contributed by atoms with E-state index < -0.39 is 0 Å². The van der Waals surface area contributed by atoms with E-state index in [1.54, 1.807) is 0 Å². The summed E-state index contributed by atoms with van der Waals surface area (Å²) in [5.74, 6) is 2.32. The molecular formula is C6H11NOS. The first kappa shape index (κ1) is 6.93. The highest BCUT2D eigenvalue weighted by molar-refractivity contribution is 7.99. The minimum atomic E-state index is 0.939. The lowest BCUT2D eigenvalue weighted by atomic mass is 10.4. The summed E-state index contributed by atoms with van der Waals surface area (Å²) in [6, 6.07) is 0. The highest BCUT2D eigenvalue weighted by atomic mass is 32.2. The van der Waals surface area contributed by atoms with Crippen molar-refractivity contribution in [3.8, 4) is 0 Å². The third-order valence-corrected chi connectivity index (χ3v) is 2.45. The second-order valence-electron chi connectivity index (χ2n) is 2.11. The molecule has 2 nitrogen and oxygen atoms in total. The fourth-order valence-electron chi connectivity index (χ4n) is 0.871. The standard InChI is InChI=1S/C6H11NOS/c8-6-7-2-1-4-9-5-3-7/h6H,1-5H2. The average Bonchev–Trinajstić information content (AvgIpc) is 2.13. The van der Waals surface area contributed by atoms with Gasteiger partial charge in [-0.05, 0) is 12.2 Å². The summed E-state index contributed by atoms with van der Waals surface area (Å²) in [5.41, 5.74) is 0. The van der Waals surface area contributed by atoms with Crippen LogP contribution >= 0.6 is 11.8 Å². The highest BCUT2D eigenvalue weighted by Gasteiger charge is 2.04. The van der Waals surface area contributed by atoms with Crippen molar-refractivity contribution in [3.63, 3.8) is 0 Å². The van der Waals surface area contributed by atoms with E-state index in [9.17, 15) is 4.79 Å². The number of hydrogen-bond donors (Lipinski definition) is 0. The molecule has 52 valence electrons. The molecule has 0 unspecified atom stereocenters. The lowest BCUT2D eigenvalue weighted by molar-refractivity contribution is -0.117. The molecule has 0 radical (unpaired) electrons. The van der Waals surface area contributed by atoms with E-state index in [0.717, 1.165) is 31.7 Å². The lowest BCUT2D eigenvalue weighted by Gasteiger charge is -2.11. The number of thioether (sulfide) groups is 1. The predicted molar refractivity (Wildman–Crippen MR) is 39.6 cm³/mol. The quantitative estimate of drug-likeness (QED) is 0.503. The highest BCUT2D eigenvalue weighted by Crippen LogP contribution is 2.07. The van der Waals surface area contributed by atoms with E-state index in [1.165, 1.54) is 5.75 Å². The summed E-state index contributed by atoms with van der Waals surface area (Å²) in [4.78, 5) is 12.1. The molecule has 1 aliphatic rings. The van der Waals surface area contributed by atoms with Crippen LogP contribution in [0.15, 0.2) is 0 Å². The Morgan fingerprint density at radius 2 is 2.22 bits per heavy atom. The van der Waals surface area contributed by atoms with Gasteiger partial charge in [-0.1, -0.05) is 0 Å². The van der Waals surface area contributed by atoms with Gasteiger partial charge in [0.05, 0.1) is 0 Å². The van der Waals surface area contributed by atoms with E-state index in [4.69, 9.17) is 0 Å². The molecule has 0 aromatic heterocycles. The maximum atomic E-state index is 10.2. The van der Waals surface area contributed by atoms with Crippen LogP contribution in [-0.2, 0) is 4.79 Å². The minimum absolute atomic E-state index is 0.939. The van der Waals surface area contributed by atoms with Crippen molar-refractivity contribution >= 4 is 18.2 Å². The normalized spacial score (nSPS) is 21.1. The zero-order valence-electron chi connectivity index (χ0n) is 5.38. The number of carbonyl (C=O) groups is 1. The Balaban J connectivity index is 2.26. The second kappa shape index (κ2) is 3.77. The van der Waals surface area contributed by atoms with Gasteiger partial charge in [0.25, 0.3) is 0 Å². The van der Waals surface area contributed by atoms with Gasteiger partial charge in [-0.3, -0.25) is 4.79 Å². The number of carbonyl (C=O) groups excluding carboxylic acids is 1. The van der Waals surface area contributed by atoms with E-state index in [2.05, 4.69) is 0 Å². The van der Waals surface area contributed by atoms with E-state index >= 15 is 0 Å². The maximum absolute atomic E-state index is 10.2. The average molecular weight is 145 g/mol. The first-order chi connectivity index (χ1) is 4.43. The van der Waals surface area contributed by atoms with Crippen molar-refractivity contribution in [1.29, 1.82) is 0 Å². The summed E-state index contributed by atoms with van der Waals surface area (Å²) in [6.07, 6.45) is 2.11. The summed E-state index contributed by atoms with van der Waals surface area (Å²) < 4.78 is 0. The molecule has 0 aliphatic carbocycles. The number of hydrogen-bond acceptors (Lipinski definition) is 2. The van der Waals surface area contributed by atoms with Gasteiger partial charge in [0.1, 0.15) is 0 Å². The topological polar surface area (TPSA) is 20.3 Å². The molecule has 1 saturated heterocycles. The number of nitrogens with zero attached hydrogens (tertiary/aromatic N) is 1. The Morgan fingerprint density at radius 3 is 3.00 bits per heavy atom. The SMILES string of the molecule is O=CN1CCCSCC1. The van der Waals surface area contributed by atoms with Crippen molar-refractivity contribution in [2.24, 2.45) is 0 Å². The minimum Gasteiger partial charge on any atom is -0.344 e. The smallest absolute Gasteiger partial charge is 0.209 e. The maximum Gasteiger partial charge on any atom is 0.209 e. The van der Waals surface area contributed by atoms with E-state index in [0.29, 0.717) is 0 Å². The fraction of sp³-hybridized carbons (Fsp3) is 0.833. The van der Waals surface area contributed by atoms with Crippen LogP contribution in [0.3, 0.4) is 0 Å². The van der Waals surface area contributed by atoms with Crippen LogP contribution < -0.4 is 0 Å². The van der Waals surface area contributed by atoms with Crippen LogP contribution in [0, 0.1) is 0 Å². The molecule has 1 rings (SSSR count). The molecule has 1 aliphatic heterocycles. The van der Waals surface area contributed by atoms with Crippen molar-refractivity contribution in [1.82, 2.24) is 4.90 Å². The lowest BCUT2D eigenvalue weighted by Crippen LogP contribution is -2.23. The zero-order valence-corrected chi connectivity index (χ0v) is 6.19. The van der Waals surface area contributed by atoms with E-state index in [1.807, 2.05) is 16.7 Å². The molecule has 0 aromatic rings. The Hall–Kier alpha value is -0.180. The van der Waals surface area contributed by atoms with Gasteiger partial charge in [0.2, 0.25) is 6.41 Å². The molecule has 9 heavy (non-hydrogen) atoms. The van der Waals surface area contributed by atoms with Crippen LogP contribution in [-0.4, -0.2) is 35.9 Å². The fourth-order valence-corrected chi connectivity index (χ4v) is 1.77. The molecule has 0 N–H and O–H groups in total. The number of rotatable bonds is 1. The van der Waals surface area contributed by atoms with Gasteiger partial charge in [0.15, 0.2) is 0 Å². The van der Waals surface area contributed by atoms with Gasteiger partial charge >= 0.3 is 0 Å². The van der Waals surface area contributed by atoms with Crippen LogP contribution in [0.2, 0.25) is 0 Å². The third kappa shape index (κ3) is 2.26. The Kier molecular flexibility index (Phi) is 2.91. The predicted octanol–water partition coefficient (Wildman–Crippen LogP) is 0.582. The molecule has 0 saturated carbocycles. The van der Waals surface area contributed by atoms with Crippen LogP contribution in [0.4, 0.5) is 0 Å². The third-order valence-electron chi connectivity index (χ3n) is 1.41. The van der Waals surface area contributed by atoms with Gasteiger partial charge < -0.3 is 4.90 Å². The summed E-state index contributed by atoms with van der Waals surface area (Å²) in [7, 11) is 0. The molecule has 1 heterocycles. The second-order valence-corrected chi connectivity index (χ2v) is 3.33. The largest absolute Gasteiger partial charge is 0.344 e. The van der Waals surface area contributed by atoms with Gasteiger partial charge in [-0.25, -0.2) is 0 Å². The van der Waals surface area contributed by atoms with Crippen molar-refractivity contribution in [2.75, 3.05) is 24.6 Å². The Morgan fingerprint density at radius 1 is 1.33 bits per heavy atom. The van der Waals surface area contributed by atoms with Gasteiger partial charge in [-0.2, -0.15) is 11.8 Å².